The zero-order chi connectivity index (χ0) is 14.2. The van der Waals surface area contributed by atoms with Gasteiger partial charge in [0.25, 0.3) is 0 Å². The maximum absolute atomic E-state index is 13.8. The van der Waals surface area contributed by atoms with Gasteiger partial charge in [-0.3, -0.25) is 0 Å². The second-order valence-corrected chi connectivity index (χ2v) is 5.70. The number of fused-ring (bicyclic) bond motifs is 5. The van der Waals surface area contributed by atoms with Crippen LogP contribution in [0, 0.1) is 17.8 Å². The second kappa shape index (κ2) is 3.59. The van der Waals surface area contributed by atoms with E-state index < -0.39 is 36.0 Å². The average Bonchev–Trinajstić information content (AvgIpc) is 2.85. The van der Waals surface area contributed by atoms with E-state index in [0.29, 0.717) is 19.3 Å². The molecule has 19 heavy (non-hydrogen) atoms. The Labute approximate surface area is 105 Å². The molecular formula is C11H13F5O3. The first-order valence-electron chi connectivity index (χ1n) is 6.12. The fourth-order valence-corrected chi connectivity index (χ4v) is 3.87. The Kier molecular flexibility index (Phi) is 2.55. The molecule has 2 saturated carbocycles. The quantitative estimate of drug-likeness (QED) is 0.667. The van der Waals surface area contributed by atoms with E-state index in [2.05, 4.69) is 4.74 Å². The van der Waals surface area contributed by atoms with Crippen molar-refractivity contribution in [1.29, 1.82) is 0 Å². The summed E-state index contributed by atoms with van der Waals surface area (Å²) in [6.45, 7) is 0. The maximum atomic E-state index is 13.8. The Morgan fingerprint density at radius 1 is 1.11 bits per heavy atom. The summed E-state index contributed by atoms with van der Waals surface area (Å²) in [5.41, 5.74) is 0. The van der Waals surface area contributed by atoms with Crippen LogP contribution in [-0.4, -0.2) is 40.3 Å². The summed E-state index contributed by atoms with van der Waals surface area (Å²) in [6.07, 6.45) is -7.70. The lowest BCUT2D eigenvalue weighted by atomic mass is 9.76. The standard InChI is InChI=1S/C11H13F5O3/c12-9(13)8(17)6-4-1-2-5(3-4)7(6)19-10(9,18)11(14,15)16/h4-8,17-18H,1-3H2. The van der Waals surface area contributed by atoms with Crippen LogP contribution in [0.4, 0.5) is 22.0 Å². The molecule has 0 radical (unpaired) electrons. The number of halogens is 5. The third kappa shape index (κ3) is 1.48. The van der Waals surface area contributed by atoms with Gasteiger partial charge in [0.1, 0.15) is 6.10 Å². The van der Waals surface area contributed by atoms with Gasteiger partial charge >= 0.3 is 17.9 Å². The highest BCUT2D eigenvalue weighted by Crippen LogP contribution is 2.60. The van der Waals surface area contributed by atoms with Gasteiger partial charge in [-0.05, 0) is 31.1 Å². The van der Waals surface area contributed by atoms with Crippen LogP contribution in [0.15, 0.2) is 0 Å². The maximum Gasteiger partial charge on any atom is 0.449 e. The molecule has 3 nitrogen and oxygen atoms in total. The molecule has 1 saturated heterocycles. The number of rotatable bonds is 0. The molecule has 110 valence electrons. The topological polar surface area (TPSA) is 49.7 Å². The van der Waals surface area contributed by atoms with Crippen molar-refractivity contribution in [3.63, 3.8) is 0 Å². The third-order valence-electron chi connectivity index (χ3n) is 4.78. The fourth-order valence-electron chi connectivity index (χ4n) is 3.87. The third-order valence-corrected chi connectivity index (χ3v) is 4.78. The zero-order valence-electron chi connectivity index (χ0n) is 9.70. The Morgan fingerprint density at radius 2 is 1.68 bits per heavy atom. The molecule has 6 unspecified atom stereocenters. The van der Waals surface area contributed by atoms with Gasteiger partial charge in [-0.1, -0.05) is 0 Å². The largest absolute Gasteiger partial charge is 0.449 e. The van der Waals surface area contributed by atoms with E-state index in [1.807, 2.05) is 0 Å². The monoisotopic (exact) mass is 288 g/mol. The summed E-state index contributed by atoms with van der Waals surface area (Å²) in [4.78, 5) is 0. The van der Waals surface area contributed by atoms with Crippen LogP contribution >= 0.6 is 0 Å². The van der Waals surface area contributed by atoms with Crippen molar-refractivity contribution in [2.45, 2.75) is 49.4 Å². The molecule has 3 rings (SSSR count). The van der Waals surface area contributed by atoms with Gasteiger partial charge in [-0.25, -0.2) is 0 Å². The van der Waals surface area contributed by atoms with Crippen LogP contribution in [0.2, 0.25) is 0 Å². The van der Waals surface area contributed by atoms with Gasteiger partial charge in [-0.2, -0.15) is 22.0 Å². The van der Waals surface area contributed by atoms with Crippen LogP contribution in [-0.2, 0) is 4.74 Å². The molecule has 0 aromatic rings. The predicted molar refractivity (Wildman–Crippen MR) is 51.2 cm³/mol. The van der Waals surface area contributed by atoms with Crippen molar-refractivity contribution >= 4 is 0 Å². The van der Waals surface area contributed by atoms with Crippen molar-refractivity contribution in [2.24, 2.45) is 17.8 Å². The molecule has 1 aliphatic heterocycles. The van der Waals surface area contributed by atoms with E-state index in [1.54, 1.807) is 0 Å². The van der Waals surface area contributed by atoms with Gasteiger partial charge in [0.2, 0.25) is 0 Å². The van der Waals surface area contributed by atoms with Crippen molar-refractivity contribution in [3.8, 4) is 0 Å². The van der Waals surface area contributed by atoms with Crippen molar-refractivity contribution < 1.29 is 36.9 Å². The van der Waals surface area contributed by atoms with E-state index in [0.717, 1.165) is 0 Å². The first kappa shape index (κ1) is 13.5. The summed E-state index contributed by atoms with van der Waals surface area (Å²) in [7, 11) is 0. The minimum Gasteiger partial charge on any atom is -0.386 e. The van der Waals surface area contributed by atoms with E-state index in [9.17, 15) is 32.2 Å². The Balaban J connectivity index is 2.02. The van der Waals surface area contributed by atoms with Crippen LogP contribution in [0.3, 0.4) is 0 Å². The smallest absolute Gasteiger partial charge is 0.386 e. The summed E-state index contributed by atoms with van der Waals surface area (Å²) in [5, 5.41) is 19.0. The highest BCUT2D eigenvalue weighted by Gasteiger charge is 2.79. The highest BCUT2D eigenvalue weighted by molar-refractivity contribution is 5.11. The molecule has 3 fully saturated rings. The summed E-state index contributed by atoms with van der Waals surface area (Å²) >= 11 is 0. The number of aliphatic hydroxyl groups excluding tert-OH is 1. The molecular weight excluding hydrogens is 275 g/mol. The minimum absolute atomic E-state index is 0.256. The van der Waals surface area contributed by atoms with Gasteiger partial charge in [-0.15, -0.1) is 0 Å². The van der Waals surface area contributed by atoms with E-state index in [1.165, 1.54) is 0 Å². The molecule has 1 heterocycles. The molecule has 3 aliphatic rings. The molecule has 0 aromatic carbocycles. The first-order valence-corrected chi connectivity index (χ1v) is 6.12. The Bertz CT molecular complexity index is 398. The van der Waals surface area contributed by atoms with Crippen LogP contribution < -0.4 is 0 Å². The number of alkyl halides is 5. The molecule has 2 bridgehead atoms. The SMILES string of the molecule is OC1C2C3CCC(C3)C2OC(O)(C(F)(F)F)C1(F)F. The van der Waals surface area contributed by atoms with E-state index in [4.69, 9.17) is 0 Å². The molecule has 0 aromatic heterocycles. The Hall–Kier alpha value is -0.470. The number of ether oxygens (including phenoxy) is 1. The predicted octanol–water partition coefficient (Wildman–Crippen LogP) is 1.68. The van der Waals surface area contributed by atoms with Crippen molar-refractivity contribution in [3.05, 3.63) is 0 Å². The minimum atomic E-state index is -5.66. The molecule has 2 aliphatic carbocycles. The number of hydrogen-bond donors (Lipinski definition) is 2. The summed E-state index contributed by atoms with van der Waals surface area (Å²) < 4.78 is 70.1. The van der Waals surface area contributed by atoms with Crippen LogP contribution in [0.25, 0.3) is 0 Å². The lowest BCUT2D eigenvalue weighted by molar-refractivity contribution is -0.478. The number of aliphatic hydroxyl groups is 2. The van der Waals surface area contributed by atoms with Crippen LogP contribution in [0.5, 0.6) is 0 Å². The van der Waals surface area contributed by atoms with Crippen molar-refractivity contribution in [1.82, 2.24) is 0 Å². The molecule has 2 N–H and O–H groups in total. The molecule has 0 spiro atoms. The summed E-state index contributed by atoms with van der Waals surface area (Å²) in [5.74, 6) is -11.0. The number of hydrogen-bond acceptors (Lipinski definition) is 3. The van der Waals surface area contributed by atoms with Crippen LogP contribution in [0.1, 0.15) is 19.3 Å². The lowest BCUT2D eigenvalue weighted by Crippen LogP contribution is -2.72. The first-order chi connectivity index (χ1) is 8.59. The normalized spacial score (nSPS) is 52.3. The van der Waals surface area contributed by atoms with E-state index in [-0.39, 0.29) is 11.8 Å². The fraction of sp³-hybridized carbons (Fsp3) is 1.00. The van der Waals surface area contributed by atoms with E-state index >= 15 is 0 Å². The Morgan fingerprint density at radius 3 is 2.26 bits per heavy atom. The molecule has 0 amide bonds. The van der Waals surface area contributed by atoms with Gasteiger partial charge in [0.15, 0.2) is 0 Å². The average molecular weight is 288 g/mol. The zero-order valence-corrected chi connectivity index (χ0v) is 9.70. The van der Waals surface area contributed by atoms with Gasteiger partial charge in [0, 0.05) is 5.92 Å². The molecule has 8 heteroatoms. The van der Waals surface area contributed by atoms with Gasteiger partial charge < -0.3 is 14.9 Å². The second-order valence-electron chi connectivity index (χ2n) is 5.70. The highest BCUT2D eigenvalue weighted by atomic mass is 19.4. The van der Waals surface area contributed by atoms with Gasteiger partial charge in [0.05, 0.1) is 6.10 Å². The van der Waals surface area contributed by atoms with Crippen molar-refractivity contribution in [2.75, 3.05) is 0 Å². The summed E-state index contributed by atoms with van der Waals surface area (Å²) in [6, 6.07) is 0. The molecule has 6 atom stereocenters. The lowest BCUT2D eigenvalue weighted by Gasteiger charge is -2.50.